The van der Waals surface area contributed by atoms with Gasteiger partial charge in [0.2, 0.25) is 0 Å². The maximum atomic E-state index is 13.7. The van der Waals surface area contributed by atoms with Crippen LogP contribution in [0.3, 0.4) is 0 Å². The van der Waals surface area contributed by atoms with E-state index in [4.69, 9.17) is 14.5 Å². The number of ether oxygens (including phenoxy) is 2. The smallest absolute Gasteiger partial charge is 0.146 e. The Morgan fingerprint density at radius 3 is 1.39 bits per heavy atom. The summed E-state index contributed by atoms with van der Waals surface area (Å²) in [4.78, 5) is 6.03. The average molecular weight is 618 g/mol. The van der Waals surface area contributed by atoms with Gasteiger partial charge >= 0.3 is 0 Å². The lowest BCUT2D eigenvalue weighted by molar-refractivity contribution is 0.291. The standard InChI is InChI=1S/C35H27N3O4S2/c39-43(30-14-3-1-4-15-30)22-20-26-10-7-18-32(34(26)37-43)41-24-28-12-9-13-29(36-28)25-42-33-19-8-11-27-21-23-44(40,38-35(27)33)31-16-5-2-6-17-31/h1-23H,24-25H2/t43-,44+. The summed E-state index contributed by atoms with van der Waals surface area (Å²) < 4.78 is 49.0. The Morgan fingerprint density at radius 2 is 0.932 bits per heavy atom. The molecule has 44 heavy (non-hydrogen) atoms. The van der Waals surface area contributed by atoms with Crippen LogP contribution in [0.25, 0.3) is 12.2 Å². The van der Waals surface area contributed by atoms with Crippen molar-refractivity contribution < 1.29 is 17.9 Å². The van der Waals surface area contributed by atoms with Crippen LogP contribution in [0.15, 0.2) is 145 Å². The quantitative estimate of drug-likeness (QED) is 0.174. The number of aromatic nitrogens is 1. The molecule has 2 atom stereocenters. The van der Waals surface area contributed by atoms with E-state index >= 15 is 0 Å². The monoisotopic (exact) mass is 617 g/mol. The fourth-order valence-electron chi connectivity index (χ4n) is 4.93. The lowest BCUT2D eigenvalue weighted by Gasteiger charge is -2.17. The van der Waals surface area contributed by atoms with Crippen LogP contribution in [0, 0.1) is 0 Å². The fourth-order valence-corrected chi connectivity index (χ4v) is 8.26. The lowest BCUT2D eigenvalue weighted by atomic mass is 10.1. The fraction of sp³-hybridized carbons (Fsp3) is 0.0571. The molecule has 0 bridgehead atoms. The molecule has 5 aromatic rings. The van der Waals surface area contributed by atoms with E-state index in [2.05, 4.69) is 8.73 Å². The molecule has 0 saturated heterocycles. The normalized spacial score (nSPS) is 19.6. The molecular weight excluding hydrogens is 591 g/mol. The van der Waals surface area contributed by atoms with E-state index < -0.39 is 19.5 Å². The zero-order valence-electron chi connectivity index (χ0n) is 23.5. The third-order valence-corrected chi connectivity index (χ3v) is 11.0. The molecule has 7 rings (SSSR count). The molecule has 0 saturated carbocycles. The molecule has 0 aliphatic carbocycles. The molecule has 2 aliphatic rings. The number of benzene rings is 4. The van der Waals surface area contributed by atoms with Crippen LogP contribution in [0.2, 0.25) is 0 Å². The molecule has 0 N–H and O–H groups in total. The van der Waals surface area contributed by atoms with Crippen molar-refractivity contribution in [3.8, 4) is 11.5 Å². The van der Waals surface area contributed by atoms with Crippen LogP contribution in [0.5, 0.6) is 11.5 Å². The van der Waals surface area contributed by atoms with E-state index in [9.17, 15) is 8.42 Å². The van der Waals surface area contributed by atoms with Gasteiger partial charge < -0.3 is 9.47 Å². The number of nitrogens with zero attached hydrogens (tertiary/aromatic N) is 3. The van der Waals surface area contributed by atoms with Gasteiger partial charge in [0.15, 0.2) is 0 Å². The number of pyridine rings is 1. The predicted molar refractivity (Wildman–Crippen MR) is 174 cm³/mol. The highest BCUT2D eigenvalue weighted by Crippen LogP contribution is 2.40. The molecular formula is C35H27N3O4S2. The van der Waals surface area contributed by atoms with Gasteiger partial charge in [-0.05, 0) is 60.7 Å². The highest BCUT2D eigenvalue weighted by molar-refractivity contribution is 7.97. The van der Waals surface area contributed by atoms with Crippen molar-refractivity contribution in [1.29, 1.82) is 0 Å². The molecule has 9 heteroatoms. The summed E-state index contributed by atoms with van der Waals surface area (Å²) in [6.07, 6.45) is 3.67. The number of fused-ring (bicyclic) bond motifs is 2. The topological polar surface area (TPSA) is 90.2 Å². The molecule has 0 spiro atoms. The molecule has 0 radical (unpaired) electrons. The van der Waals surface area contributed by atoms with Crippen molar-refractivity contribution in [2.24, 2.45) is 8.73 Å². The van der Waals surface area contributed by atoms with Crippen molar-refractivity contribution >= 4 is 43.0 Å². The minimum atomic E-state index is -2.76. The van der Waals surface area contributed by atoms with Gasteiger partial charge in [-0.25, -0.2) is 8.42 Å². The van der Waals surface area contributed by atoms with E-state index in [1.54, 1.807) is 10.8 Å². The Morgan fingerprint density at radius 1 is 0.500 bits per heavy atom. The molecule has 0 fully saturated rings. The summed E-state index contributed by atoms with van der Waals surface area (Å²) in [7, 11) is -5.51. The van der Waals surface area contributed by atoms with Gasteiger partial charge in [-0.3, -0.25) is 4.98 Å². The molecule has 0 amide bonds. The van der Waals surface area contributed by atoms with Crippen LogP contribution >= 0.6 is 0 Å². The van der Waals surface area contributed by atoms with Crippen molar-refractivity contribution in [3.63, 3.8) is 0 Å². The number of hydrogen-bond donors (Lipinski definition) is 0. The van der Waals surface area contributed by atoms with Gasteiger partial charge in [-0.1, -0.05) is 66.7 Å². The Hall–Kier alpha value is -4.99. The first kappa shape index (κ1) is 27.8. The van der Waals surface area contributed by atoms with Crippen LogP contribution in [-0.2, 0) is 32.7 Å². The van der Waals surface area contributed by atoms with Crippen LogP contribution < -0.4 is 9.47 Å². The minimum absolute atomic E-state index is 0.191. The number of hydrogen-bond acceptors (Lipinski definition) is 7. The first-order valence-corrected chi connectivity index (χ1v) is 17.1. The Kier molecular flexibility index (Phi) is 7.33. The van der Waals surface area contributed by atoms with Gasteiger partial charge in [0.25, 0.3) is 0 Å². The molecule has 7 nitrogen and oxygen atoms in total. The highest BCUT2D eigenvalue weighted by Gasteiger charge is 2.20. The summed E-state index contributed by atoms with van der Waals surface area (Å²) in [6.45, 7) is 0.381. The maximum Gasteiger partial charge on any atom is 0.146 e. The average Bonchev–Trinajstić information content (AvgIpc) is 3.07. The Balaban J connectivity index is 1.09. The van der Waals surface area contributed by atoms with Gasteiger partial charge in [-0.15, -0.1) is 0 Å². The first-order valence-electron chi connectivity index (χ1n) is 14.0. The second-order valence-electron chi connectivity index (χ2n) is 10.1. The van der Waals surface area contributed by atoms with E-state index in [1.807, 2.05) is 127 Å². The van der Waals surface area contributed by atoms with Crippen molar-refractivity contribution in [1.82, 2.24) is 4.98 Å². The van der Waals surface area contributed by atoms with Gasteiger partial charge in [0.1, 0.15) is 55.5 Å². The second-order valence-corrected chi connectivity index (χ2v) is 14.3. The Labute approximate surface area is 256 Å². The van der Waals surface area contributed by atoms with Crippen LogP contribution in [0.1, 0.15) is 22.5 Å². The summed E-state index contributed by atoms with van der Waals surface area (Å²) in [5, 5.41) is 3.32. The van der Waals surface area contributed by atoms with E-state index in [0.717, 1.165) is 11.1 Å². The summed E-state index contributed by atoms with van der Waals surface area (Å²) in [5.41, 5.74) is 4.21. The number of rotatable bonds is 8. The third-order valence-electron chi connectivity index (χ3n) is 7.16. The SMILES string of the molecule is O=[S@@]1(c2ccccc2)=Nc2c(cccc2OCc2cccc(COc3cccc4c3N=[S@](=O)(c3ccccc3)C=C4)n2)C=C1. The van der Waals surface area contributed by atoms with E-state index in [0.29, 0.717) is 44.1 Å². The van der Waals surface area contributed by atoms with Crippen molar-refractivity contribution in [3.05, 3.63) is 149 Å². The molecule has 4 aromatic carbocycles. The minimum Gasteiger partial charge on any atom is -0.485 e. The van der Waals surface area contributed by atoms with Crippen LogP contribution in [0.4, 0.5) is 11.4 Å². The van der Waals surface area contributed by atoms with Gasteiger partial charge in [0.05, 0.1) is 21.2 Å². The molecule has 1 aromatic heterocycles. The molecule has 0 unspecified atom stereocenters. The Bertz CT molecular complexity index is 2030. The molecule has 3 heterocycles. The predicted octanol–water partition coefficient (Wildman–Crippen LogP) is 8.53. The summed E-state index contributed by atoms with van der Waals surface area (Å²) >= 11 is 0. The zero-order valence-corrected chi connectivity index (χ0v) is 25.1. The first-order chi connectivity index (χ1) is 21.5. The zero-order chi connectivity index (χ0) is 30.0. The molecule has 2 aliphatic heterocycles. The molecule has 218 valence electrons. The van der Waals surface area contributed by atoms with Crippen molar-refractivity contribution in [2.75, 3.05) is 0 Å². The van der Waals surface area contributed by atoms with E-state index in [-0.39, 0.29) is 13.2 Å². The van der Waals surface area contributed by atoms with Gasteiger partial charge in [0, 0.05) is 21.9 Å². The summed E-state index contributed by atoms with van der Waals surface area (Å²) in [6, 6.07) is 35.4. The highest BCUT2D eigenvalue weighted by atomic mass is 32.2. The largest absolute Gasteiger partial charge is 0.485 e. The van der Waals surface area contributed by atoms with Crippen molar-refractivity contribution in [2.45, 2.75) is 23.0 Å². The van der Waals surface area contributed by atoms with Crippen LogP contribution in [-0.4, -0.2) is 13.4 Å². The maximum absolute atomic E-state index is 13.7. The van der Waals surface area contributed by atoms with E-state index in [1.165, 1.54) is 0 Å². The van der Waals surface area contributed by atoms with Gasteiger partial charge in [-0.2, -0.15) is 8.73 Å². The summed E-state index contributed by atoms with van der Waals surface area (Å²) in [5.74, 6) is 1.07. The third kappa shape index (κ3) is 5.55. The second kappa shape index (κ2) is 11.6. The lowest BCUT2D eigenvalue weighted by Crippen LogP contribution is -2.05.